The van der Waals surface area contributed by atoms with Gasteiger partial charge in [0.25, 0.3) is 0 Å². The number of hydrogen-bond acceptors (Lipinski definition) is 4. The minimum absolute atomic E-state index is 0.120. The van der Waals surface area contributed by atoms with Gasteiger partial charge in [-0.15, -0.1) is 11.3 Å². The van der Waals surface area contributed by atoms with Gasteiger partial charge in [-0.2, -0.15) is 0 Å². The fraction of sp³-hybridized carbons (Fsp3) is 0. The van der Waals surface area contributed by atoms with Crippen LogP contribution in [0.2, 0.25) is 5.02 Å². The third-order valence-corrected chi connectivity index (χ3v) is 3.06. The fourth-order valence-electron chi connectivity index (χ4n) is 1.26. The van der Waals surface area contributed by atoms with Crippen molar-refractivity contribution in [1.29, 1.82) is 0 Å². The van der Waals surface area contributed by atoms with Gasteiger partial charge in [-0.05, 0) is 6.07 Å². The second kappa shape index (κ2) is 4.87. The van der Waals surface area contributed by atoms with E-state index in [0.717, 1.165) is 17.4 Å². The minimum Gasteiger partial charge on any atom is -0.476 e. The summed E-state index contributed by atoms with van der Waals surface area (Å²) in [6, 6.07) is 1.57. The van der Waals surface area contributed by atoms with Gasteiger partial charge in [-0.25, -0.2) is 18.6 Å². The summed E-state index contributed by atoms with van der Waals surface area (Å²) >= 11 is 6.65. The number of nitrogens with zero attached hydrogens (tertiary/aromatic N) is 1. The number of benzene rings is 1. The average molecular weight is 291 g/mol. The Hall–Kier alpha value is -1.73. The number of carboxylic acid groups (broad SMARTS) is 1. The predicted octanol–water partition coefficient (Wildman–Crippen LogP) is 3.52. The Labute approximate surface area is 109 Å². The number of halogens is 3. The quantitative estimate of drug-likeness (QED) is 0.908. The molecule has 1 aromatic carbocycles. The third kappa shape index (κ3) is 2.41. The van der Waals surface area contributed by atoms with Crippen molar-refractivity contribution in [3.63, 3.8) is 0 Å². The molecule has 0 aliphatic carbocycles. The number of thiazole rings is 1. The van der Waals surface area contributed by atoms with Gasteiger partial charge < -0.3 is 10.4 Å². The molecule has 18 heavy (non-hydrogen) atoms. The van der Waals surface area contributed by atoms with Crippen LogP contribution in [0.15, 0.2) is 17.6 Å². The average Bonchev–Trinajstić information content (AvgIpc) is 2.71. The van der Waals surface area contributed by atoms with Crippen molar-refractivity contribution in [1.82, 2.24) is 4.98 Å². The molecular weight excluding hydrogens is 286 g/mol. The van der Waals surface area contributed by atoms with Crippen LogP contribution in [0.5, 0.6) is 0 Å². The molecule has 0 aliphatic heterocycles. The zero-order valence-corrected chi connectivity index (χ0v) is 10.1. The van der Waals surface area contributed by atoms with Crippen molar-refractivity contribution in [2.75, 3.05) is 5.32 Å². The van der Waals surface area contributed by atoms with Crippen LogP contribution in [-0.4, -0.2) is 16.1 Å². The van der Waals surface area contributed by atoms with Gasteiger partial charge in [0.05, 0.1) is 16.2 Å². The Morgan fingerprint density at radius 3 is 2.78 bits per heavy atom. The van der Waals surface area contributed by atoms with Crippen molar-refractivity contribution in [2.45, 2.75) is 0 Å². The van der Waals surface area contributed by atoms with Gasteiger partial charge in [0.15, 0.2) is 11.5 Å². The van der Waals surface area contributed by atoms with Gasteiger partial charge in [0.1, 0.15) is 10.8 Å². The van der Waals surface area contributed by atoms with Crippen molar-refractivity contribution >= 4 is 39.6 Å². The number of aromatic nitrogens is 1. The number of anilines is 2. The highest BCUT2D eigenvalue weighted by Crippen LogP contribution is 2.32. The molecular formula is C10H5ClF2N2O2S. The van der Waals surface area contributed by atoms with Crippen molar-refractivity contribution in [3.05, 3.63) is 40.0 Å². The van der Waals surface area contributed by atoms with E-state index in [1.807, 2.05) is 0 Å². The fourth-order valence-corrected chi connectivity index (χ4v) is 2.18. The lowest BCUT2D eigenvalue weighted by Crippen LogP contribution is -2.02. The second-order valence-corrected chi connectivity index (χ2v) is 4.47. The van der Waals surface area contributed by atoms with E-state index in [2.05, 4.69) is 10.3 Å². The van der Waals surface area contributed by atoms with Gasteiger partial charge in [-0.1, -0.05) is 11.6 Å². The van der Waals surface area contributed by atoms with Crippen LogP contribution in [-0.2, 0) is 0 Å². The molecule has 94 valence electrons. The molecule has 0 bridgehead atoms. The molecule has 0 atom stereocenters. The first-order valence-electron chi connectivity index (χ1n) is 4.57. The van der Waals surface area contributed by atoms with Crippen LogP contribution in [0.4, 0.5) is 19.5 Å². The lowest BCUT2D eigenvalue weighted by Gasteiger charge is -2.08. The van der Waals surface area contributed by atoms with E-state index in [4.69, 9.17) is 16.7 Å². The maximum atomic E-state index is 13.5. The molecule has 4 nitrogen and oxygen atoms in total. The first-order valence-corrected chi connectivity index (χ1v) is 5.83. The van der Waals surface area contributed by atoms with Gasteiger partial charge >= 0.3 is 5.97 Å². The van der Waals surface area contributed by atoms with Crippen LogP contribution in [0.1, 0.15) is 10.5 Å². The molecule has 0 aliphatic rings. The second-order valence-electron chi connectivity index (χ2n) is 3.20. The van der Waals surface area contributed by atoms with Crippen LogP contribution >= 0.6 is 22.9 Å². The molecule has 0 spiro atoms. The van der Waals surface area contributed by atoms with E-state index < -0.39 is 17.6 Å². The first-order chi connectivity index (χ1) is 8.49. The first kappa shape index (κ1) is 12.7. The highest BCUT2D eigenvalue weighted by atomic mass is 35.5. The van der Waals surface area contributed by atoms with Gasteiger partial charge in [-0.3, -0.25) is 0 Å². The largest absolute Gasteiger partial charge is 0.476 e. The van der Waals surface area contributed by atoms with Crippen LogP contribution in [0.25, 0.3) is 0 Å². The zero-order valence-electron chi connectivity index (χ0n) is 8.58. The molecule has 1 aromatic heterocycles. The van der Waals surface area contributed by atoms with Crippen LogP contribution in [0.3, 0.4) is 0 Å². The molecule has 1 heterocycles. The number of nitrogens with one attached hydrogen (secondary N) is 1. The summed E-state index contributed by atoms with van der Waals surface area (Å²) < 4.78 is 26.3. The molecule has 2 rings (SSSR count). The van der Waals surface area contributed by atoms with Crippen molar-refractivity contribution < 1.29 is 18.7 Å². The molecule has 2 aromatic rings. The standard InChI is InChI=1S/C10H5ClF2N2O2S/c11-5-1-4(12)2-6(13)7(5)15-9-8(10(16)17)14-3-18-9/h1-3,15H,(H,16,17). The molecule has 0 unspecified atom stereocenters. The topological polar surface area (TPSA) is 62.2 Å². The normalized spacial score (nSPS) is 10.4. The lowest BCUT2D eigenvalue weighted by atomic mass is 10.3. The van der Waals surface area contributed by atoms with E-state index in [1.54, 1.807) is 0 Å². The van der Waals surface area contributed by atoms with E-state index in [-0.39, 0.29) is 21.4 Å². The Kier molecular flexibility index (Phi) is 3.44. The number of hydrogen-bond donors (Lipinski definition) is 2. The molecule has 2 N–H and O–H groups in total. The molecule has 0 fully saturated rings. The lowest BCUT2D eigenvalue weighted by molar-refractivity contribution is 0.0692. The Morgan fingerprint density at radius 1 is 1.44 bits per heavy atom. The molecule has 8 heteroatoms. The summed E-state index contributed by atoms with van der Waals surface area (Å²) in [5.41, 5.74) is 0.853. The minimum atomic E-state index is -1.25. The van der Waals surface area contributed by atoms with E-state index in [1.165, 1.54) is 5.51 Å². The van der Waals surface area contributed by atoms with Gasteiger partial charge in [0.2, 0.25) is 0 Å². The SMILES string of the molecule is O=C(O)c1ncsc1Nc1c(F)cc(F)cc1Cl. The predicted molar refractivity (Wildman–Crippen MR) is 63.7 cm³/mol. The summed E-state index contributed by atoms with van der Waals surface area (Å²) in [7, 11) is 0. The number of aromatic carboxylic acids is 1. The van der Waals surface area contributed by atoms with E-state index >= 15 is 0 Å². The summed E-state index contributed by atoms with van der Waals surface area (Å²) in [5.74, 6) is -2.98. The van der Waals surface area contributed by atoms with Gasteiger partial charge in [0, 0.05) is 6.07 Å². The number of carbonyl (C=O) groups is 1. The number of carboxylic acids is 1. The molecule has 0 radical (unpaired) electrons. The van der Waals surface area contributed by atoms with Crippen LogP contribution in [0, 0.1) is 11.6 Å². The maximum absolute atomic E-state index is 13.5. The monoisotopic (exact) mass is 290 g/mol. The maximum Gasteiger partial charge on any atom is 0.357 e. The highest BCUT2D eigenvalue weighted by molar-refractivity contribution is 7.14. The Balaban J connectivity index is 2.40. The summed E-state index contributed by atoms with van der Waals surface area (Å²) in [5, 5.41) is 11.3. The smallest absolute Gasteiger partial charge is 0.357 e. The van der Waals surface area contributed by atoms with E-state index in [9.17, 15) is 13.6 Å². The number of rotatable bonds is 3. The van der Waals surface area contributed by atoms with E-state index in [0.29, 0.717) is 6.07 Å². The molecule has 0 saturated heterocycles. The van der Waals surface area contributed by atoms with Crippen molar-refractivity contribution in [3.8, 4) is 0 Å². The Morgan fingerprint density at radius 2 is 2.17 bits per heavy atom. The Bertz CT molecular complexity index is 595. The summed E-state index contributed by atoms with van der Waals surface area (Å²) in [6.45, 7) is 0. The zero-order chi connectivity index (χ0) is 13.3. The van der Waals surface area contributed by atoms with Crippen molar-refractivity contribution in [2.24, 2.45) is 0 Å². The highest BCUT2D eigenvalue weighted by Gasteiger charge is 2.17. The third-order valence-electron chi connectivity index (χ3n) is 2.02. The summed E-state index contributed by atoms with van der Waals surface area (Å²) in [4.78, 5) is 14.4. The molecule has 0 saturated carbocycles. The van der Waals surface area contributed by atoms with Crippen LogP contribution < -0.4 is 5.32 Å². The molecule has 0 amide bonds. The summed E-state index contributed by atoms with van der Waals surface area (Å²) in [6.07, 6.45) is 0.